The maximum absolute atomic E-state index is 6.54. The number of amidine groups is 1. The number of benzene rings is 9. The number of fused-ring (bicyclic) bond motifs is 9. The summed E-state index contributed by atoms with van der Waals surface area (Å²) in [5.41, 5.74) is 18.3. The Bertz CT molecular complexity index is 3210. The van der Waals surface area contributed by atoms with Gasteiger partial charge in [0.15, 0.2) is 0 Å². The normalized spacial score (nSPS) is 15.2. The number of para-hydroxylation sites is 2. The molecule has 9 aromatic carbocycles. The van der Waals surface area contributed by atoms with Crippen LogP contribution in [-0.2, 0) is 5.41 Å². The number of ether oxygens (including phenoxy) is 1. The topological polar surface area (TPSA) is 33.6 Å². The van der Waals surface area contributed by atoms with E-state index in [1.54, 1.807) is 0 Å². The molecule has 12 rings (SSSR count). The van der Waals surface area contributed by atoms with Crippen molar-refractivity contribution in [1.82, 2.24) is 5.32 Å². The van der Waals surface area contributed by atoms with E-state index in [0.29, 0.717) is 0 Å². The van der Waals surface area contributed by atoms with E-state index < -0.39 is 5.41 Å². The van der Waals surface area contributed by atoms with E-state index >= 15 is 0 Å². The molecule has 1 unspecified atom stereocenters. The lowest BCUT2D eigenvalue weighted by Gasteiger charge is -2.39. The van der Waals surface area contributed by atoms with Crippen molar-refractivity contribution in [3.8, 4) is 56.0 Å². The van der Waals surface area contributed by atoms with E-state index in [0.717, 1.165) is 45.3 Å². The van der Waals surface area contributed by atoms with E-state index in [-0.39, 0.29) is 6.04 Å². The van der Waals surface area contributed by atoms with Crippen LogP contribution in [0.1, 0.15) is 45.0 Å². The van der Waals surface area contributed by atoms with Crippen molar-refractivity contribution in [2.45, 2.75) is 11.5 Å². The van der Waals surface area contributed by atoms with Crippen molar-refractivity contribution < 1.29 is 4.74 Å². The first kappa shape index (κ1) is 35.9. The Morgan fingerprint density at radius 3 is 1.47 bits per heavy atom. The molecule has 0 amide bonds. The van der Waals surface area contributed by atoms with E-state index in [4.69, 9.17) is 9.73 Å². The number of hydrogen-bond donors (Lipinski definition) is 1. The molecule has 3 aliphatic rings. The first-order valence-electron chi connectivity index (χ1n) is 21.3. The first-order valence-corrected chi connectivity index (χ1v) is 21.3. The molecule has 1 spiro atoms. The number of rotatable bonds is 6. The van der Waals surface area contributed by atoms with Crippen molar-refractivity contribution in [2.24, 2.45) is 4.99 Å². The third-order valence-electron chi connectivity index (χ3n) is 12.8. The monoisotopic (exact) mass is 792 g/mol. The Hall–Kier alpha value is -8.01. The van der Waals surface area contributed by atoms with Gasteiger partial charge >= 0.3 is 0 Å². The van der Waals surface area contributed by atoms with Gasteiger partial charge in [-0.05, 0) is 109 Å². The molecular weight excluding hydrogens is 753 g/mol. The number of nitrogens with one attached hydrogen (secondary N) is 1. The van der Waals surface area contributed by atoms with E-state index in [1.165, 1.54) is 61.2 Å². The highest BCUT2D eigenvalue weighted by Gasteiger charge is 2.50. The highest BCUT2D eigenvalue weighted by atomic mass is 16.5. The molecule has 292 valence electrons. The maximum atomic E-state index is 6.54. The quantitative estimate of drug-likeness (QED) is 0.182. The summed E-state index contributed by atoms with van der Waals surface area (Å²) in [6.07, 6.45) is 2.22. The molecule has 0 saturated carbocycles. The molecule has 3 nitrogen and oxygen atoms in total. The second-order valence-electron chi connectivity index (χ2n) is 16.3. The van der Waals surface area contributed by atoms with E-state index in [9.17, 15) is 0 Å². The summed E-state index contributed by atoms with van der Waals surface area (Å²) >= 11 is 0. The molecule has 9 aromatic rings. The molecule has 0 saturated heterocycles. The zero-order chi connectivity index (χ0) is 41.0. The zero-order valence-corrected chi connectivity index (χ0v) is 33.9. The molecule has 2 heterocycles. The molecule has 2 aliphatic heterocycles. The van der Waals surface area contributed by atoms with Gasteiger partial charge in [-0.15, -0.1) is 0 Å². The van der Waals surface area contributed by atoms with Gasteiger partial charge < -0.3 is 10.1 Å². The summed E-state index contributed by atoms with van der Waals surface area (Å²) in [7, 11) is 0. The Morgan fingerprint density at radius 1 is 0.371 bits per heavy atom. The predicted octanol–water partition coefficient (Wildman–Crippen LogP) is 14.3. The SMILES string of the molecule is C1=C(c2ccccc2)N=C(c2cccc(-c3cccc(-c4cccc(-c5ccc6c(c5)-c5ccccc5C65c6ccccc6Oc6ccccc65)c4)c3)c2)NC1c1ccccc1. The molecule has 1 atom stereocenters. The largest absolute Gasteiger partial charge is 0.457 e. The second-order valence-corrected chi connectivity index (χ2v) is 16.3. The fourth-order valence-corrected chi connectivity index (χ4v) is 9.94. The minimum absolute atomic E-state index is 0.00463. The minimum Gasteiger partial charge on any atom is -0.457 e. The molecule has 0 radical (unpaired) electrons. The smallest absolute Gasteiger partial charge is 0.134 e. The van der Waals surface area contributed by atoms with Crippen LogP contribution in [0, 0.1) is 0 Å². The Labute approximate surface area is 362 Å². The van der Waals surface area contributed by atoms with E-state index in [1.807, 2.05) is 6.07 Å². The Balaban J connectivity index is 0.896. The lowest BCUT2D eigenvalue weighted by atomic mass is 9.66. The number of aliphatic imine (C=N–C) groups is 1. The fraction of sp³-hybridized carbons (Fsp3) is 0.0339. The van der Waals surface area contributed by atoms with Crippen LogP contribution in [-0.4, -0.2) is 5.84 Å². The van der Waals surface area contributed by atoms with Gasteiger partial charge in [-0.2, -0.15) is 0 Å². The van der Waals surface area contributed by atoms with Gasteiger partial charge in [-0.25, -0.2) is 4.99 Å². The van der Waals surface area contributed by atoms with Gasteiger partial charge in [0.1, 0.15) is 17.3 Å². The standard InChI is InChI=1S/C59H40N2O/c1-3-16-39(17-4-1)54-38-55(40-18-5-2-6-19-40)61-58(60-54)47-25-15-24-45(36-47)43-22-13-20-41(34-43)42-21-14-23-44(35-42)46-32-33-51-49(37-46)48-26-7-8-27-50(48)59(51)52-28-9-11-30-56(52)62-57-31-12-10-29-53(57)59/h1-38,54H,(H,60,61). The summed E-state index contributed by atoms with van der Waals surface area (Å²) in [4.78, 5) is 5.18. The van der Waals surface area contributed by atoms with Gasteiger partial charge in [-0.3, -0.25) is 0 Å². The molecule has 0 fully saturated rings. The third-order valence-corrected chi connectivity index (χ3v) is 12.8. The average Bonchev–Trinajstić information content (AvgIpc) is 3.64. The Kier molecular flexibility index (Phi) is 8.46. The van der Waals surface area contributed by atoms with Gasteiger partial charge in [0.25, 0.3) is 0 Å². The summed E-state index contributed by atoms with van der Waals surface area (Å²) in [5, 5.41) is 3.74. The molecule has 1 aliphatic carbocycles. The van der Waals surface area contributed by atoms with Crippen LogP contribution >= 0.6 is 0 Å². The van der Waals surface area contributed by atoms with Crippen molar-refractivity contribution in [2.75, 3.05) is 0 Å². The van der Waals surface area contributed by atoms with Crippen molar-refractivity contribution in [3.63, 3.8) is 0 Å². The number of hydrogen-bond acceptors (Lipinski definition) is 3. The molecule has 62 heavy (non-hydrogen) atoms. The third kappa shape index (κ3) is 5.85. The van der Waals surface area contributed by atoms with Crippen LogP contribution in [0.4, 0.5) is 0 Å². The first-order chi connectivity index (χ1) is 30.7. The van der Waals surface area contributed by atoms with Gasteiger partial charge in [0.05, 0.1) is 17.2 Å². The minimum atomic E-state index is -0.473. The molecule has 0 bridgehead atoms. The summed E-state index contributed by atoms with van der Waals surface area (Å²) < 4.78 is 6.54. The molecule has 0 aromatic heterocycles. The van der Waals surface area contributed by atoms with Crippen LogP contribution in [0.3, 0.4) is 0 Å². The van der Waals surface area contributed by atoms with Crippen LogP contribution < -0.4 is 10.1 Å². The van der Waals surface area contributed by atoms with Crippen LogP contribution in [0.5, 0.6) is 11.5 Å². The van der Waals surface area contributed by atoms with Gasteiger partial charge in [-0.1, -0.05) is 188 Å². The number of nitrogens with zero attached hydrogens (tertiary/aromatic N) is 1. The predicted molar refractivity (Wildman–Crippen MR) is 253 cm³/mol. The highest BCUT2D eigenvalue weighted by molar-refractivity contribution is 6.04. The molecule has 3 heteroatoms. The van der Waals surface area contributed by atoms with Crippen LogP contribution in [0.25, 0.3) is 50.2 Å². The summed E-state index contributed by atoms with van der Waals surface area (Å²) in [5.74, 6) is 2.68. The van der Waals surface area contributed by atoms with Crippen LogP contribution in [0.15, 0.2) is 236 Å². The van der Waals surface area contributed by atoms with Crippen molar-refractivity contribution in [1.29, 1.82) is 0 Å². The van der Waals surface area contributed by atoms with Gasteiger partial charge in [0, 0.05) is 16.7 Å². The highest BCUT2D eigenvalue weighted by Crippen LogP contribution is 2.62. The maximum Gasteiger partial charge on any atom is 0.134 e. The van der Waals surface area contributed by atoms with Crippen molar-refractivity contribution >= 4 is 11.5 Å². The zero-order valence-electron chi connectivity index (χ0n) is 33.9. The average molecular weight is 793 g/mol. The molecule has 1 N–H and O–H groups in total. The van der Waals surface area contributed by atoms with E-state index in [2.05, 4.69) is 230 Å². The Morgan fingerprint density at radius 2 is 0.839 bits per heavy atom. The molecular formula is C59H40N2O. The lowest BCUT2D eigenvalue weighted by molar-refractivity contribution is 0.436. The fourth-order valence-electron chi connectivity index (χ4n) is 9.94. The van der Waals surface area contributed by atoms with Crippen molar-refractivity contribution in [3.05, 3.63) is 269 Å². The lowest BCUT2D eigenvalue weighted by Crippen LogP contribution is -2.32. The summed E-state index contributed by atoms with van der Waals surface area (Å²) in [6.45, 7) is 0. The van der Waals surface area contributed by atoms with Crippen LogP contribution in [0.2, 0.25) is 0 Å². The van der Waals surface area contributed by atoms with Gasteiger partial charge in [0.2, 0.25) is 0 Å². The second kappa shape index (κ2) is 14.6. The summed E-state index contributed by atoms with van der Waals surface area (Å²) in [6, 6.07) is 80.6.